The molecule has 172 valence electrons. The molecule has 1 N–H and O–H groups in total. The quantitative estimate of drug-likeness (QED) is 0.377. The molecule has 0 radical (unpaired) electrons. The number of carbonyl (C=O) groups is 3. The Morgan fingerprint density at radius 1 is 1.25 bits per heavy atom. The maximum Gasteiger partial charge on any atom is 0.336 e. The number of carbonyl (C=O) groups excluding carboxylic acids is 3. The minimum Gasteiger partial charge on any atom is -0.468 e. The third kappa shape index (κ3) is 4.74. The van der Waals surface area contributed by atoms with E-state index < -0.39 is 23.8 Å². The molecule has 0 spiro atoms. The van der Waals surface area contributed by atoms with Crippen molar-refractivity contribution >= 4 is 29.3 Å². The van der Waals surface area contributed by atoms with Gasteiger partial charge in [0.15, 0.2) is 5.78 Å². The van der Waals surface area contributed by atoms with E-state index >= 15 is 0 Å². The molecule has 0 saturated heterocycles. The number of methoxy groups -OCH3 is 1. The molecular formula is C24H28ClNO6. The van der Waals surface area contributed by atoms with Crippen molar-refractivity contribution in [3.05, 3.63) is 57.4 Å². The molecular weight excluding hydrogens is 434 g/mol. The van der Waals surface area contributed by atoms with Crippen LogP contribution in [0.25, 0.3) is 0 Å². The third-order valence-corrected chi connectivity index (χ3v) is 6.05. The number of nitrogens with one attached hydrogen (secondary N) is 1. The van der Waals surface area contributed by atoms with Gasteiger partial charge in [-0.05, 0) is 43.9 Å². The largest absolute Gasteiger partial charge is 0.468 e. The summed E-state index contributed by atoms with van der Waals surface area (Å²) in [6.45, 7) is 6.36. The normalized spacial score (nSPS) is 22.9. The van der Waals surface area contributed by atoms with Crippen molar-refractivity contribution in [1.82, 2.24) is 5.32 Å². The number of rotatable bonds is 7. The Morgan fingerprint density at radius 2 is 2.00 bits per heavy atom. The SMILES string of the molecule is CCOCCOC(=O)C1=C(C)NC2=C(C(=O)[C@H](C(=O)OC)[C@H](C)C2)[C@H]1c1cccc(Cl)c1. The topological polar surface area (TPSA) is 90.9 Å². The first-order valence-electron chi connectivity index (χ1n) is 10.6. The maximum absolute atomic E-state index is 13.6. The number of ether oxygens (including phenoxy) is 3. The van der Waals surface area contributed by atoms with Gasteiger partial charge in [-0.25, -0.2) is 4.79 Å². The van der Waals surface area contributed by atoms with Crippen molar-refractivity contribution in [2.24, 2.45) is 11.8 Å². The van der Waals surface area contributed by atoms with Crippen LogP contribution in [0.4, 0.5) is 0 Å². The molecule has 3 rings (SSSR count). The first kappa shape index (κ1) is 24.0. The van der Waals surface area contributed by atoms with Crippen molar-refractivity contribution in [3.8, 4) is 0 Å². The minimum absolute atomic E-state index is 0.0907. The summed E-state index contributed by atoms with van der Waals surface area (Å²) in [7, 11) is 1.27. The third-order valence-electron chi connectivity index (χ3n) is 5.81. The molecule has 1 aliphatic carbocycles. The van der Waals surface area contributed by atoms with Crippen LogP contribution < -0.4 is 5.32 Å². The summed E-state index contributed by atoms with van der Waals surface area (Å²) in [6, 6.07) is 7.02. The lowest BCUT2D eigenvalue weighted by Gasteiger charge is -2.38. The zero-order chi connectivity index (χ0) is 23.4. The van der Waals surface area contributed by atoms with Crippen LogP contribution in [0.5, 0.6) is 0 Å². The van der Waals surface area contributed by atoms with E-state index in [1.807, 2.05) is 19.9 Å². The molecule has 0 amide bonds. The van der Waals surface area contributed by atoms with Gasteiger partial charge in [0.1, 0.15) is 12.5 Å². The van der Waals surface area contributed by atoms with E-state index in [4.69, 9.17) is 25.8 Å². The van der Waals surface area contributed by atoms with Gasteiger partial charge in [-0.2, -0.15) is 0 Å². The average molecular weight is 462 g/mol. The van der Waals surface area contributed by atoms with Gasteiger partial charge in [-0.15, -0.1) is 0 Å². The number of halogens is 1. The van der Waals surface area contributed by atoms with Crippen LogP contribution in [0.2, 0.25) is 5.02 Å². The fourth-order valence-corrected chi connectivity index (χ4v) is 4.58. The predicted octanol–water partition coefficient (Wildman–Crippen LogP) is 3.53. The van der Waals surface area contributed by atoms with Crippen LogP contribution >= 0.6 is 11.6 Å². The molecule has 2 aliphatic rings. The van der Waals surface area contributed by atoms with Gasteiger partial charge >= 0.3 is 11.9 Å². The highest BCUT2D eigenvalue weighted by Crippen LogP contribution is 2.45. The molecule has 0 aromatic heterocycles. The first-order chi connectivity index (χ1) is 15.3. The number of esters is 2. The van der Waals surface area contributed by atoms with Crippen LogP contribution in [-0.4, -0.2) is 44.7 Å². The summed E-state index contributed by atoms with van der Waals surface area (Å²) in [4.78, 5) is 39.1. The Labute approximate surface area is 192 Å². The zero-order valence-corrected chi connectivity index (χ0v) is 19.5. The summed E-state index contributed by atoms with van der Waals surface area (Å²) in [5.74, 6) is -3.37. The van der Waals surface area contributed by atoms with Gasteiger partial charge in [0.2, 0.25) is 0 Å². The summed E-state index contributed by atoms with van der Waals surface area (Å²) < 4.78 is 15.6. The van der Waals surface area contributed by atoms with E-state index in [1.54, 1.807) is 25.1 Å². The van der Waals surface area contributed by atoms with E-state index in [2.05, 4.69) is 5.32 Å². The van der Waals surface area contributed by atoms with E-state index in [-0.39, 0.29) is 24.9 Å². The Balaban J connectivity index is 2.07. The minimum atomic E-state index is -0.934. The van der Waals surface area contributed by atoms with Gasteiger partial charge in [-0.3, -0.25) is 9.59 Å². The molecule has 8 heteroatoms. The predicted molar refractivity (Wildman–Crippen MR) is 119 cm³/mol. The number of ketones is 1. The zero-order valence-electron chi connectivity index (χ0n) is 18.7. The van der Waals surface area contributed by atoms with Gasteiger partial charge in [0, 0.05) is 34.5 Å². The Bertz CT molecular complexity index is 982. The van der Waals surface area contributed by atoms with Crippen LogP contribution in [0.15, 0.2) is 46.8 Å². The lowest BCUT2D eigenvalue weighted by molar-refractivity contribution is -0.151. The van der Waals surface area contributed by atoms with Gasteiger partial charge in [-0.1, -0.05) is 30.7 Å². The highest BCUT2D eigenvalue weighted by Gasteiger charge is 2.47. The number of Topliss-reactive ketones (excluding diaryl/α,β-unsaturated/α-hetero) is 1. The van der Waals surface area contributed by atoms with Gasteiger partial charge in [0.25, 0.3) is 0 Å². The summed E-state index contributed by atoms with van der Waals surface area (Å²) in [5, 5.41) is 3.70. The lowest BCUT2D eigenvalue weighted by atomic mass is 9.69. The van der Waals surface area contributed by atoms with Crippen molar-refractivity contribution in [2.75, 3.05) is 26.9 Å². The van der Waals surface area contributed by atoms with Crippen LogP contribution in [0.3, 0.4) is 0 Å². The number of benzene rings is 1. The highest BCUT2D eigenvalue weighted by molar-refractivity contribution is 6.30. The van der Waals surface area contributed by atoms with Gasteiger partial charge in [0.05, 0.1) is 19.3 Å². The Morgan fingerprint density at radius 3 is 2.66 bits per heavy atom. The fourth-order valence-electron chi connectivity index (χ4n) is 4.39. The maximum atomic E-state index is 13.6. The van der Waals surface area contributed by atoms with Gasteiger partial charge < -0.3 is 19.5 Å². The lowest BCUT2D eigenvalue weighted by Crippen LogP contribution is -2.43. The first-order valence-corrected chi connectivity index (χ1v) is 11.0. The second-order valence-corrected chi connectivity index (χ2v) is 8.36. The van der Waals surface area contributed by atoms with Crippen molar-refractivity contribution < 1.29 is 28.6 Å². The molecule has 0 bridgehead atoms. The van der Waals surface area contributed by atoms with Crippen molar-refractivity contribution in [3.63, 3.8) is 0 Å². The molecule has 1 aromatic carbocycles. The Kier molecular flexibility index (Phi) is 7.74. The number of hydrogen-bond acceptors (Lipinski definition) is 7. The standard InChI is InChI=1S/C24H28ClNO6/c1-5-31-9-10-32-24(29)19-14(3)26-17-11-13(2)18(23(28)30-4)22(27)21(17)20(19)15-7-6-8-16(25)12-15/h6-8,12-13,18,20,26H,5,9-11H2,1-4H3/t13-,18-,20+/m1/s1. The molecule has 0 unspecified atom stereocenters. The van der Waals surface area contributed by atoms with E-state index in [9.17, 15) is 14.4 Å². The molecule has 1 aromatic rings. The molecule has 1 aliphatic heterocycles. The second-order valence-electron chi connectivity index (χ2n) is 7.92. The molecule has 32 heavy (non-hydrogen) atoms. The molecule has 1 heterocycles. The van der Waals surface area contributed by atoms with E-state index in [0.717, 1.165) is 0 Å². The monoisotopic (exact) mass is 461 g/mol. The van der Waals surface area contributed by atoms with Crippen LogP contribution in [0, 0.1) is 11.8 Å². The fraction of sp³-hybridized carbons (Fsp3) is 0.458. The Hall–Kier alpha value is -2.64. The van der Waals surface area contributed by atoms with E-state index in [1.165, 1.54) is 7.11 Å². The highest BCUT2D eigenvalue weighted by atomic mass is 35.5. The second kappa shape index (κ2) is 10.3. The number of allylic oxidation sites excluding steroid dienone is 3. The number of hydrogen-bond donors (Lipinski definition) is 1. The average Bonchev–Trinajstić information content (AvgIpc) is 2.75. The van der Waals surface area contributed by atoms with E-state index in [0.29, 0.717) is 46.2 Å². The summed E-state index contributed by atoms with van der Waals surface area (Å²) >= 11 is 6.24. The molecule has 0 saturated carbocycles. The smallest absolute Gasteiger partial charge is 0.336 e. The van der Waals surface area contributed by atoms with Crippen LogP contribution in [0.1, 0.15) is 38.7 Å². The summed E-state index contributed by atoms with van der Waals surface area (Å²) in [6.07, 6.45) is 0.474. The number of dihydropyridines is 1. The summed E-state index contributed by atoms with van der Waals surface area (Å²) in [5.41, 5.74) is 2.67. The molecule has 7 nitrogen and oxygen atoms in total. The molecule has 0 fully saturated rings. The van der Waals surface area contributed by atoms with Crippen molar-refractivity contribution in [1.29, 1.82) is 0 Å². The van der Waals surface area contributed by atoms with Crippen LogP contribution in [-0.2, 0) is 28.6 Å². The van der Waals surface area contributed by atoms with Crippen molar-refractivity contribution in [2.45, 2.75) is 33.1 Å². The molecule has 3 atom stereocenters.